The Morgan fingerprint density at radius 1 is 0.938 bits per heavy atom. The topological polar surface area (TPSA) is 84.9 Å². The van der Waals surface area contributed by atoms with Gasteiger partial charge in [-0.2, -0.15) is 0 Å². The number of allylic oxidation sites excluding steroid dienone is 1. The lowest BCUT2D eigenvalue weighted by Gasteiger charge is -2.19. The summed E-state index contributed by atoms with van der Waals surface area (Å²) in [5, 5.41) is 1.06. The molecule has 0 unspecified atom stereocenters. The van der Waals surface area contributed by atoms with E-state index in [9.17, 15) is 9.59 Å². The number of hydrogen-bond acceptors (Lipinski definition) is 8. The number of Topliss-reactive ketones (excluding diaryl/α,β-unsaturated/α-hetero) is 1. The quantitative estimate of drug-likeness (QED) is 0.330. The van der Waals surface area contributed by atoms with Gasteiger partial charge < -0.3 is 14.4 Å². The van der Waals surface area contributed by atoms with E-state index in [1.165, 1.54) is 25.4 Å². The van der Waals surface area contributed by atoms with E-state index < -0.39 is 0 Å². The molecule has 176 valence electrons. The van der Waals surface area contributed by atoms with Crippen molar-refractivity contribution in [2.75, 3.05) is 42.4 Å². The summed E-state index contributed by atoms with van der Waals surface area (Å²) in [6, 6.07) is 6.36. The molecule has 0 saturated heterocycles. The zero-order chi connectivity index (χ0) is 24.7. The second kappa shape index (κ2) is 16.3. The molecule has 0 amide bonds. The van der Waals surface area contributed by atoms with Crippen molar-refractivity contribution in [1.82, 2.24) is 19.8 Å². The van der Waals surface area contributed by atoms with Crippen LogP contribution >= 0.6 is 23.2 Å². The summed E-state index contributed by atoms with van der Waals surface area (Å²) in [4.78, 5) is 33.5. The molecule has 8 nitrogen and oxygen atoms in total. The van der Waals surface area contributed by atoms with Crippen molar-refractivity contribution in [2.45, 2.75) is 13.3 Å². The van der Waals surface area contributed by atoms with Gasteiger partial charge in [0.1, 0.15) is 11.4 Å². The van der Waals surface area contributed by atoms with Crippen molar-refractivity contribution in [3.63, 3.8) is 0 Å². The van der Waals surface area contributed by atoms with Gasteiger partial charge in [-0.15, -0.1) is 0 Å². The Morgan fingerprint density at radius 3 is 1.72 bits per heavy atom. The molecule has 0 aliphatic rings. The van der Waals surface area contributed by atoms with Crippen LogP contribution < -0.4 is 0 Å². The van der Waals surface area contributed by atoms with Crippen molar-refractivity contribution in [2.24, 2.45) is 0 Å². The van der Waals surface area contributed by atoms with Crippen LogP contribution in [0.4, 0.5) is 0 Å². The summed E-state index contributed by atoms with van der Waals surface area (Å²) in [5.74, 6) is -0.219. The van der Waals surface area contributed by atoms with Gasteiger partial charge in [0.2, 0.25) is 12.2 Å². The number of halogens is 2. The van der Waals surface area contributed by atoms with Gasteiger partial charge in [-0.3, -0.25) is 24.5 Å². The van der Waals surface area contributed by atoms with Crippen LogP contribution in [0.3, 0.4) is 0 Å². The first kappa shape index (κ1) is 29.6. The van der Waals surface area contributed by atoms with Crippen molar-refractivity contribution < 1.29 is 19.1 Å². The van der Waals surface area contributed by atoms with E-state index in [1.54, 1.807) is 49.6 Å². The average molecular weight is 485 g/mol. The van der Waals surface area contributed by atoms with E-state index in [2.05, 4.69) is 9.97 Å². The summed E-state index contributed by atoms with van der Waals surface area (Å²) >= 11 is 11.3. The molecule has 0 aliphatic heterocycles. The van der Waals surface area contributed by atoms with Gasteiger partial charge >= 0.3 is 0 Å². The summed E-state index contributed by atoms with van der Waals surface area (Å²) < 4.78 is 9.73. The van der Waals surface area contributed by atoms with Gasteiger partial charge in [0, 0.05) is 70.0 Å². The maximum absolute atomic E-state index is 11.5. The third kappa shape index (κ3) is 13.1. The monoisotopic (exact) mass is 484 g/mol. The van der Waals surface area contributed by atoms with Crippen LogP contribution in [-0.2, 0) is 9.47 Å². The van der Waals surface area contributed by atoms with Crippen molar-refractivity contribution in [1.29, 1.82) is 0 Å². The van der Waals surface area contributed by atoms with Crippen molar-refractivity contribution >= 4 is 34.8 Å². The lowest BCUT2D eigenvalue weighted by Crippen LogP contribution is -2.30. The minimum atomic E-state index is -0.213. The molecule has 0 aromatic carbocycles. The Bertz CT molecular complexity index is 873. The SMILES string of the molecule is CC(=O)c1cc(Cl)ccn1.CN(C)/C=C/C(=O)c1cc(Cl)ccn1.COC(OC)N(C)C. The predicted molar refractivity (Wildman–Crippen MR) is 127 cm³/mol. The molecule has 2 aromatic heterocycles. The maximum Gasteiger partial charge on any atom is 0.217 e. The van der Waals surface area contributed by atoms with E-state index in [-0.39, 0.29) is 18.0 Å². The minimum absolute atomic E-state index is 0.0671. The molecule has 0 aliphatic carbocycles. The maximum atomic E-state index is 11.5. The highest BCUT2D eigenvalue weighted by atomic mass is 35.5. The molecule has 2 rings (SSSR count). The number of methoxy groups -OCH3 is 2. The second-order valence-electron chi connectivity index (χ2n) is 6.66. The number of ether oxygens (including phenoxy) is 2. The molecule has 2 heterocycles. The van der Waals surface area contributed by atoms with Gasteiger partial charge in [-0.05, 0) is 38.4 Å². The van der Waals surface area contributed by atoms with E-state index in [4.69, 9.17) is 32.7 Å². The summed E-state index contributed by atoms with van der Waals surface area (Å²) in [6.07, 6.45) is 5.94. The summed E-state index contributed by atoms with van der Waals surface area (Å²) in [7, 11) is 10.7. The number of nitrogens with zero attached hydrogens (tertiary/aromatic N) is 4. The average Bonchev–Trinajstić information content (AvgIpc) is 2.73. The minimum Gasteiger partial charge on any atom is -0.383 e. The molecule has 2 aromatic rings. The fraction of sp³-hybridized carbons (Fsp3) is 0.364. The standard InChI is InChI=1S/C10H11ClN2O.C7H6ClNO.C5H13NO2/c1-13(2)6-4-10(14)9-7-8(11)3-5-12-9;1-5(10)7-4-6(8)2-3-9-7;1-6(2)5(7-3)8-4/h3-7H,1-2H3;2-4H,1H3;5H,1-4H3/b6-4+;;. The number of carbonyl (C=O) groups excluding carboxylic acids is 2. The zero-order valence-electron chi connectivity index (χ0n) is 19.4. The zero-order valence-corrected chi connectivity index (χ0v) is 20.9. The first-order valence-corrected chi connectivity index (χ1v) is 10.1. The Kier molecular flexibility index (Phi) is 15.1. The molecule has 0 atom stereocenters. The van der Waals surface area contributed by atoms with Crippen molar-refractivity contribution in [3.05, 3.63) is 70.4 Å². The molecule has 0 fully saturated rings. The number of pyridine rings is 2. The highest BCUT2D eigenvalue weighted by Gasteiger charge is 2.05. The third-order valence-electron chi connectivity index (χ3n) is 3.41. The molecule has 0 N–H and O–H groups in total. The van der Waals surface area contributed by atoms with Crippen LogP contribution in [0.25, 0.3) is 0 Å². The molecule has 10 heteroatoms. The van der Waals surface area contributed by atoms with E-state index >= 15 is 0 Å². The second-order valence-corrected chi connectivity index (χ2v) is 7.53. The van der Waals surface area contributed by atoms with E-state index in [0.717, 1.165) is 0 Å². The lowest BCUT2D eigenvalue weighted by molar-refractivity contribution is -0.179. The van der Waals surface area contributed by atoms with Crippen LogP contribution in [0.2, 0.25) is 10.0 Å². The van der Waals surface area contributed by atoms with Crippen LogP contribution in [0.5, 0.6) is 0 Å². The number of ketones is 2. The van der Waals surface area contributed by atoms with Gasteiger partial charge in [-0.1, -0.05) is 23.2 Å². The van der Waals surface area contributed by atoms with Crippen LogP contribution in [0, 0.1) is 0 Å². The Labute approximate surface area is 199 Å². The van der Waals surface area contributed by atoms with E-state index in [1.807, 2.05) is 33.1 Å². The summed E-state index contributed by atoms with van der Waals surface area (Å²) in [6.45, 7) is 1.46. The molecule has 32 heavy (non-hydrogen) atoms. The number of carbonyl (C=O) groups is 2. The molecule has 0 spiro atoms. The fourth-order valence-corrected chi connectivity index (χ4v) is 2.28. The number of rotatable bonds is 7. The first-order chi connectivity index (χ1) is 15.0. The lowest BCUT2D eigenvalue weighted by atomic mass is 10.2. The van der Waals surface area contributed by atoms with Crippen molar-refractivity contribution in [3.8, 4) is 0 Å². The van der Waals surface area contributed by atoms with Crippen LogP contribution in [-0.4, -0.2) is 80.2 Å². The Hall–Kier alpha value is -2.36. The van der Waals surface area contributed by atoms with Gasteiger partial charge in [0.05, 0.1) is 0 Å². The first-order valence-electron chi connectivity index (χ1n) is 9.36. The van der Waals surface area contributed by atoms with Gasteiger partial charge in [0.15, 0.2) is 5.78 Å². The van der Waals surface area contributed by atoms with Crippen LogP contribution in [0.1, 0.15) is 27.9 Å². The smallest absolute Gasteiger partial charge is 0.217 e. The largest absolute Gasteiger partial charge is 0.383 e. The van der Waals surface area contributed by atoms with Crippen LogP contribution in [0.15, 0.2) is 48.9 Å². The molecule has 0 saturated carbocycles. The summed E-state index contributed by atoms with van der Waals surface area (Å²) in [5.41, 5.74) is 0.767. The molecular weight excluding hydrogens is 455 g/mol. The third-order valence-corrected chi connectivity index (χ3v) is 3.88. The molecule has 0 radical (unpaired) electrons. The fourth-order valence-electron chi connectivity index (χ4n) is 1.96. The normalized spacial score (nSPS) is 10.3. The number of aromatic nitrogens is 2. The Balaban J connectivity index is 0.000000472. The number of hydrogen-bond donors (Lipinski definition) is 0. The van der Waals surface area contributed by atoms with Gasteiger partial charge in [-0.25, -0.2) is 0 Å². The molecular formula is C22H30Cl2N4O4. The highest BCUT2D eigenvalue weighted by Crippen LogP contribution is 2.09. The molecule has 0 bridgehead atoms. The van der Waals surface area contributed by atoms with Gasteiger partial charge in [0.25, 0.3) is 0 Å². The Morgan fingerprint density at radius 2 is 1.41 bits per heavy atom. The predicted octanol–water partition coefficient (Wildman–Crippen LogP) is 4.06. The highest BCUT2D eigenvalue weighted by molar-refractivity contribution is 6.31. The van der Waals surface area contributed by atoms with E-state index in [0.29, 0.717) is 21.4 Å².